The summed E-state index contributed by atoms with van der Waals surface area (Å²) in [6.45, 7) is 7.32. The summed E-state index contributed by atoms with van der Waals surface area (Å²) in [5.74, 6) is -1.10. The van der Waals surface area contributed by atoms with E-state index in [1.54, 1.807) is 50.4 Å². The third-order valence-electron chi connectivity index (χ3n) is 6.94. The summed E-state index contributed by atoms with van der Waals surface area (Å²) in [5.41, 5.74) is 0.661. The summed E-state index contributed by atoms with van der Waals surface area (Å²) in [6.07, 6.45) is 5.43. The quantitative estimate of drug-likeness (QED) is 0.312. The summed E-state index contributed by atoms with van der Waals surface area (Å²) in [4.78, 5) is 35.0. The summed E-state index contributed by atoms with van der Waals surface area (Å²) >= 11 is 0. The lowest BCUT2D eigenvalue weighted by Gasteiger charge is -2.34. The smallest absolute Gasteiger partial charge is 0.313 e. The molecule has 1 fully saturated rings. The second kappa shape index (κ2) is 12.5. The van der Waals surface area contributed by atoms with Gasteiger partial charge in [-0.3, -0.25) is 14.6 Å². The first-order valence-electron chi connectivity index (χ1n) is 13.7. The second-order valence-electron chi connectivity index (χ2n) is 11.2. The van der Waals surface area contributed by atoms with Gasteiger partial charge in [-0.1, -0.05) is 36.4 Å². The molecule has 0 saturated carbocycles. The maximum Gasteiger partial charge on any atom is 0.313 e. The zero-order valence-electron chi connectivity index (χ0n) is 23.9. The zero-order valence-corrected chi connectivity index (χ0v) is 23.9. The fourth-order valence-corrected chi connectivity index (χ4v) is 4.56. The number of rotatable bonds is 11. The molecule has 1 saturated heterocycles. The lowest BCUT2D eigenvalue weighted by Crippen LogP contribution is -2.41. The first-order valence-corrected chi connectivity index (χ1v) is 13.7. The molecule has 1 aliphatic rings. The minimum Gasteiger partial charge on any atom is -0.485 e. The molecule has 2 N–H and O–H groups in total. The van der Waals surface area contributed by atoms with Crippen LogP contribution in [-0.4, -0.2) is 52.0 Å². The number of carbonyl (C=O) groups excluding carboxylic acids is 1. The van der Waals surface area contributed by atoms with Crippen molar-refractivity contribution in [3.05, 3.63) is 72.1 Å². The van der Waals surface area contributed by atoms with Crippen molar-refractivity contribution in [2.24, 2.45) is 0 Å². The Morgan fingerprint density at radius 2 is 1.78 bits per heavy atom. The molecule has 9 nitrogen and oxygen atoms in total. The normalized spacial score (nSPS) is 15.7. The minimum atomic E-state index is -1.83. The number of carboxylic acid groups (broad SMARTS) is 1. The Morgan fingerprint density at radius 1 is 1.07 bits per heavy atom. The van der Waals surface area contributed by atoms with Crippen molar-refractivity contribution in [2.75, 3.05) is 23.3 Å². The molecule has 41 heavy (non-hydrogen) atoms. The Labute approximate surface area is 239 Å². The number of aliphatic carboxylic acids is 1. The molecule has 1 unspecified atom stereocenters. The summed E-state index contributed by atoms with van der Waals surface area (Å²) in [6, 6.07) is 14.3. The Kier molecular flexibility index (Phi) is 9.10. The van der Waals surface area contributed by atoms with Crippen molar-refractivity contribution in [3.8, 4) is 11.5 Å². The number of piperidine rings is 1. The van der Waals surface area contributed by atoms with Crippen LogP contribution >= 0.6 is 0 Å². The second-order valence-corrected chi connectivity index (χ2v) is 11.2. The van der Waals surface area contributed by atoms with E-state index in [1.165, 1.54) is 20.0 Å². The molecule has 0 bridgehead atoms. The molecular formula is C31H37FN4O5. The van der Waals surface area contributed by atoms with Gasteiger partial charge in [0.05, 0.1) is 24.4 Å². The fourth-order valence-electron chi connectivity index (χ4n) is 4.56. The van der Waals surface area contributed by atoms with Crippen molar-refractivity contribution in [3.63, 3.8) is 0 Å². The number of hydrogen-bond acceptors (Lipinski definition) is 7. The minimum absolute atomic E-state index is 0.163. The van der Waals surface area contributed by atoms with Crippen LogP contribution < -0.4 is 19.7 Å². The maximum atomic E-state index is 14.1. The van der Waals surface area contributed by atoms with Gasteiger partial charge in [0.15, 0.2) is 17.3 Å². The van der Waals surface area contributed by atoms with Crippen molar-refractivity contribution in [1.82, 2.24) is 9.97 Å². The van der Waals surface area contributed by atoms with Gasteiger partial charge in [-0.25, -0.2) is 4.98 Å². The fraction of sp³-hybridized carbons (Fsp3) is 0.419. The SMILES string of the molecule is CC(C)(F)Oc1ccccc1OC1CCCN(c2cncc(NC(=O)CCc3ccc(C(C)(C)C(=O)O)cc3)n2)C1. The first-order chi connectivity index (χ1) is 19.4. The third kappa shape index (κ3) is 8.15. The van der Waals surface area contributed by atoms with Crippen molar-refractivity contribution in [1.29, 1.82) is 0 Å². The average Bonchev–Trinajstić information content (AvgIpc) is 2.93. The molecule has 0 aliphatic carbocycles. The average molecular weight is 565 g/mol. The monoisotopic (exact) mass is 564 g/mol. The number of ether oxygens (including phenoxy) is 2. The molecule has 2 aromatic carbocycles. The number of aromatic nitrogens is 2. The van der Waals surface area contributed by atoms with E-state index >= 15 is 0 Å². The van der Waals surface area contributed by atoms with Crippen LogP contribution in [0.1, 0.15) is 58.1 Å². The molecule has 4 rings (SSSR count). The maximum absolute atomic E-state index is 14.1. The number of carbonyl (C=O) groups is 2. The molecule has 0 radical (unpaired) electrons. The van der Waals surface area contributed by atoms with E-state index in [1.807, 2.05) is 18.2 Å². The predicted octanol–water partition coefficient (Wildman–Crippen LogP) is 5.54. The van der Waals surface area contributed by atoms with Gasteiger partial charge in [0.25, 0.3) is 0 Å². The summed E-state index contributed by atoms with van der Waals surface area (Å²) in [7, 11) is 0. The molecular weight excluding hydrogens is 527 g/mol. The molecule has 10 heteroatoms. The van der Waals surface area contributed by atoms with Gasteiger partial charge in [-0.2, -0.15) is 4.39 Å². The van der Waals surface area contributed by atoms with Crippen LogP contribution in [0.15, 0.2) is 60.9 Å². The molecule has 218 valence electrons. The van der Waals surface area contributed by atoms with Crippen LogP contribution in [0.5, 0.6) is 11.5 Å². The van der Waals surface area contributed by atoms with Crippen molar-refractivity contribution < 1.29 is 28.6 Å². The van der Waals surface area contributed by atoms with Gasteiger partial charge in [0.1, 0.15) is 11.9 Å². The molecule has 0 spiro atoms. The van der Waals surface area contributed by atoms with E-state index < -0.39 is 17.2 Å². The number of aryl methyl sites for hydroxylation is 1. The van der Waals surface area contributed by atoms with Crippen molar-refractivity contribution >= 4 is 23.5 Å². The number of carboxylic acids is 1. The van der Waals surface area contributed by atoms with E-state index in [-0.39, 0.29) is 18.4 Å². The van der Waals surface area contributed by atoms with Crippen LogP contribution in [-0.2, 0) is 21.4 Å². The number of nitrogens with one attached hydrogen (secondary N) is 1. The van der Waals surface area contributed by atoms with Crippen LogP contribution in [0.4, 0.5) is 16.0 Å². The molecule has 1 aliphatic heterocycles. The van der Waals surface area contributed by atoms with Gasteiger partial charge in [0.2, 0.25) is 11.8 Å². The molecule has 3 aromatic rings. The molecule has 1 atom stereocenters. The van der Waals surface area contributed by atoms with E-state index in [0.29, 0.717) is 41.7 Å². The number of amides is 1. The van der Waals surface area contributed by atoms with Gasteiger partial charge in [-0.05, 0) is 56.4 Å². The highest BCUT2D eigenvalue weighted by molar-refractivity contribution is 5.89. The third-order valence-corrected chi connectivity index (χ3v) is 6.94. The number of alkyl halides is 1. The topological polar surface area (TPSA) is 114 Å². The van der Waals surface area contributed by atoms with Crippen LogP contribution in [0.3, 0.4) is 0 Å². The van der Waals surface area contributed by atoms with Gasteiger partial charge < -0.3 is 24.8 Å². The molecule has 2 heterocycles. The standard InChI is InChI=1S/C31H37FN4O5/c1-30(2,29(38)39)22-14-11-21(12-15-22)13-16-28(37)35-26-18-33-19-27(34-26)36-17-7-8-23(20-36)40-24-9-5-6-10-25(24)41-31(3,4)32/h5-6,9-12,14-15,18-19,23H,7-8,13,16-17,20H2,1-4H3,(H,38,39)(H,34,35,37). The van der Waals surface area contributed by atoms with Crippen molar-refractivity contribution in [2.45, 2.75) is 70.8 Å². The number of para-hydroxylation sites is 2. The lowest BCUT2D eigenvalue weighted by atomic mass is 9.84. The lowest BCUT2D eigenvalue weighted by molar-refractivity contribution is -0.142. The largest absolute Gasteiger partial charge is 0.485 e. The number of hydrogen-bond donors (Lipinski definition) is 2. The number of benzene rings is 2. The Balaban J connectivity index is 1.33. The van der Waals surface area contributed by atoms with Gasteiger partial charge in [0, 0.05) is 26.8 Å². The molecule has 1 aromatic heterocycles. The Hall–Kier alpha value is -4.21. The highest BCUT2D eigenvalue weighted by atomic mass is 19.2. The van der Waals surface area contributed by atoms with Gasteiger partial charge >= 0.3 is 5.97 Å². The van der Waals surface area contributed by atoms with Crippen LogP contribution in [0.2, 0.25) is 0 Å². The number of anilines is 2. The van der Waals surface area contributed by atoms with Crippen LogP contribution in [0.25, 0.3) is 0 Å². The molecule has 1 amide bonds. The van der Waals surface area contributed by atoms with E-state index in [2.05, 4.69) is 20.2 Å². The highest BCUT2D eigenvalue weighted by Crippen LogP contribution is 2.33. The summed E-state index contributed by atoms with van der Waals surface area (Å²) in [5, 5.41) is 12.2. The Bertz CT molecular complexity index is 1360. The van der Waals surface area contributed by atoms with Gasteiger partial charge in [-0.15, -0.1) is 0 Å². The van der Waals surface area contributed by atoms with Crippen LogP contribution in [0, 0.1) is 0 Å². The first kappa shape index (κ1) is 29.8. The predicted molar refractivity (Wildman–Crippen MR) is 154 cm³/mol. The number of halogens is 1. The van der Waals surface area contributed by atoms with E-state index in [9.17, 15) is 19.1 Å². The van der Waals surface area contributed by atoms with E-state index in [0.717, 1.165) is 24.9 Å². The summed E-state index contributed by atoms with van der Waals surface area (Å²) < 4.78 is 25.7. The highest BCUT2D eigenvalue weighted by Gasteiger charge is 2.29. The number of nitrogens with zero attached hydrogens (tertiary/aromatic N) is 3. The zero-order chi connectivity index (χ0) is 29.6. The van der Waals surface area contributed by atoms with E-state index in [4.69, 9.17) is 9.47 Å². The Morgan fingerprint density at radius 3 is 2.46 bits per heavy atom.